The standard InChI is InChI=1S/C13H13BrN2O2S/c14-12-4-3-11(19-12)13(18)16(6-7-17)9-10-2-1-5-15-8-10/h1-5,8,17H,6-7,9H2. The largest absolute Gasteiger partial charge is 0.395 e. The number of rotatable bonds is 5. The Balaban J connectivity index is 2.13. The van der Waals surface area contributed by atoms with Crippen LogP contribution in [0.5, 0.6) is 0 Å². The third-order valence-electron chi connectivity index (χ3n) is 2.54. The van der Waals surface area contributed by atoms with Gasteiger partial charge in [-0.05, 0) is 39.7 Å². The number of amides is 1. The molecule has 0 fully saturated rings. The molecule has 0 unspecified atom stereocenters. The number of aromatic nitrogens is 1. The van der Waals surface area contributed by atoms with Crippen LogP contribution in [0.2, 0.25) is 0 Å². The number of thiophene rings is 1. The van der Waals surface area contributed by atoms with Gasteiger partial charge in [0.05, 0.1) is 15.3 Å². The van der Waals surface area contributed by atoms with Crippen LogP contribution >= 0.6 is 27.3 Å². The van der Waals surface area contributed by atoms with E-state index in [0.29, 0.717) is 18.0 Å². The summed E-state index contributed by atoms with van der Waals surface area (Å²) in [5.41, 5.74) is 0.944. The number of aliphatic hydroxyl groups excluding tert-OH is 1. The van der Waals surface area contributed by atoms with Crippen molar-refractivity contribution < 1.29 is 9.90 Å². The number of hydrogen-bond acceptors (Lipinski definition) is 4. The first kappa shape index (κ1) is 14.2. The van der Waals surface area contributed by atoms with E-state index in [1.54, 1.807) is 23.4 Å². The summed E-state index contributed by atoms with van der Waals surface area (Å²) in [7, 11) is 0. The highest BCUT2D eigenvalue weighted by atomic mass is 79.9. The summed E-state index contributed by atoms with van der Waals surface area (Å²) < 4.78 is 0.918. The van der Waals surface area contributed by atoms with Crippen molar-refractivity contribution in [3.63, 3.8) is 0 Å². The van der Waals surface area contributed by atoms with Crippen LogP contribution < -0.4 is 0 Å². The van der Waals surface area contributed by atoms with Gasteiger partial charge in [-0.2, -0.15) is 0 Å². The number of hydrogen-bond donors (Lipinski definition) is 1. The number of carbonyl (C=O) groups is 1. The Morgan fingerprint density at radius 3 is 2.84 bits per heavy atom. The van der Waals surface area contributed by atoms with Crippen LogP contribution in [-0.2, 0) is 6.54 Å². The molecule has 2 rings (SSSR count). The highest BCUT2D eigenvalue weighted by Crippen LogP contribution is 2.23. The average molecular weight is 341 g/mol. The van der Waals surface area contributed by atoms with Crippen molar-refractivity contribution in [3.8, 4) is 0 Å². The summed E-state index contributed by atoms with van der Waals surface area (Å²) in [6, 6.07) is 7.37. The van der Waals surface area contributed by atoms with E-state index in [-0.39, 0.29) is 12.5 Å². The van der Waals surface area contributed by atoms with E-state index in [1.807, 2.05) is 18.2 Å². The van der Waals surface area contributed by atoms with E-state index in [2.05, 4.69) is 20.9 Å². The second kappa shape index (κ2) is 6.79. The molecule has 2 heterocycles. The maximum absolute atomic E-state index is 12.3. The van der Waals surface area contributed by atoms with E-state index in [0.717, 1.165) is 9.35 Å². The highest BCUT2D eigenvalue weighted by Gasteiger charge is 2.17. The fourth-order valence-corrected chi connectivity index (χ4v) is 3.02. The molecule has 19 heavy (non-hydrogen) atoms. The summed E-state index contributed by atoms with van der Waals surface area (Å²) >= 11 is 4.73. The lowest BCUT2D eigenvalue weighted by atomic mass is 10.2. The molecular weight excluding hydrogens is 328 g/mol. The molecule has 1 amide bonds. The minimum absolute atomic E-state index is 0.0570. The first-order valence-corrected chi connectivity index (χ1v) is 7.36. The maximum Gasteiger partial charge on any atom is 0.264 e. The zero-order chi connectivity index (χ0) is 13.7. The summed E-state index contributed by atoms with van der Waals surface area (Å²) in [5, 5.41) is 9.10. The average Bonchev–Trinajstić information content (AvgIpc) is 2.85. The molecule has 2 aromatic heterocycles. The van der Waals surface area contributed by atoms with Gasteiger partial charge < -0.3 is 10.0 Å². The summed E-state index contributed by atoms with van der Waals surface area (Å²) in [6.07, 6.45) is 3.42. The van der Waals surface area contributed by atoms with Crippen molar-refractivity contribution in [1.82, 2.24) is 9.88 Å². The van der Waals surface area contributed by atoms with Crippen molar-refractivity contribution in [3.05, 3.63) is 50.9 Å². The molecule has 100 valence electrons. The van der Waals surface area contributed by atoms with Crippen LogP contribution in [-0.4, -0.2) is 34.0 Å². The molecule has 0 aromatic carbocycles. The molecule has 0 spiro atoms. The summed E-state index contributed by atoms with van der Waals surface area (Å²) in [4.78, 5) is 18.6. The molecule has 4 nitrogen and oxygen atoms in total. The third-order valence-corrected chi connectivity index (χ3v) is 4.15. The molecule has 0 aliphatic rings. The van der Waals surface area contributed by atoms with Gasteiger partial charge in [0.1, 0.15) is 0 Å². The van der Waals surface area contributed by atoms with Crippen LogP contribution in [0.15, 0.2) is 40.4 Å². The van der Waals surface area contributed by atoms with E-state index in [9.17, 15) is 4.79 Å². The molecule has 2 aromatic rings. The lowest BCUT2D eigenvalue weighted by Crippen LogP contribution is -2.32. The molecule has 0 saturated carbocycles. The minimum Gasteiger partial charge on any atom is -0.395 e. The molecule has 0 radical (unpaired) electrons. The Labute approximate surface area is 123 Å². The van der Waals surface area contributed by atoms with Gasteiger partial charge in [0, 0.05) is 25.5 Å². The monoisotopic (exact) mass is 340 g/mol. The van der Waals surface area contributed by atoms with Gasteiger partial charge in [0.15, 0.2) is 0 Å². The van der Waals surface area contributed by atoms with Crippen LogP contribution in [0, 0.1) is 0 Å². The normalized spacial score (nSPS) is 10.4. The SMILES string of the molecule is O=C(c1ccc(Br)s1)N(CCO)Cc1cccnc1. The topological polar surface area (TPSA) is 53.4 Å². The van der Waals surface area contributed by atoms with Crippen LogP contribution in [0.1, 0.15) is 15.2 Å². The number of nitrogens with zero attached hydrogens (tertiary/aromatic N) is 2. The molecule has 0 atom stereocenters. The smallest absolute Gasteiger partial charge is 0.264 e. The second-order valence-corrected chi connectivity index (χ2v) is 6.38. The maximum atomic E-state index is 12.3. The lowest BCUT2D eigenvalue weighted by Gasteiger charge is -2.20. The molecule has 1 N–H and O–H groups in total. The van der Waals surface area contributed by atoms with E-state index >= 15 is 0 Å². The van der Waals surface area contributed by atoms with Crippen molar-refractivity contribution in [2.45, 2.75) is 6.54 Å². The van der Waals surface area contributed by atoms with Gasteiger partial charge in [-0.15, -0.1) is 11.3 Å². The van der Waals surface area contributed by atoms with Crippen molar-refractivity contribution in [1.29, 1.82) is 0 Å². The lowest BCUT2D eigenvalue weighted by molar-refractivity contribution is 0.0712. The molecule has 6 heteroatoms. The quantitative estimate of drug-likeness (QED) is 0.909. The Bertz CT molecular complexity index is 545. The van der Waals surface area contributed by atoms with E-state index < -0.39 is 0 Å². The first-order valence-electron chi connectivity index (χ1n) is 5.75. The van der Waals surface area contributed by atoms with Gasteiger partial charge in [0.2, 0.25) is 0 Å². The Morgan fingerprint density at radius 2 is 2.26 bits per heavy atom. The summed E-state index contributed by atoms with van der Waals surface area (Å²) in [5.74, 6) is -0.0754. The predicted octanol–water partition coefficient (Wildman–Crippen LogP) is 2.54. The van der Waals surface area contributed by atoms with Crippen molar-refractivity contribution in [2.24, 2.45) is 0 Å². The predicted molar refractivity (Wildman–Crippen MR) is 78.1 cm³/mol. The van der Waals surface area contributed by atoms with Gasteiger partial charge in [-0.25, -0.2) is 0 Å². The molecule has 0 aliphatic heterocycles. The van der Waals surface area contributed by atoms with E-state index in [1.165, 1.54) is 11.3 Å². The van der Waals surface area contributed by atoms with Gasteiger partial charge in [-0.3, -0.25) is 9.78 Å². The highest BCUT2D eigenvalue weighted by molar-refractivity contribution is 9.11. The number of pyridine rings is 1. The zero-order valence-corrected chi connectivity index (χ0v) is 12.5. The van der Waals surface area contributed by atoms with Gasteiger partial charge in [0.25, 0.3) is 5.91 Å². The van der Waals surface area contributed by atoms with Crippen molar-refractivity contribution in [2.75, 3.05) is 13.2 Å². The molecule has 0 aliphatic carbocycles. The fraction of sp³-hybridized carbons (Fsp3) is 0.231. The zero-order valence-electron chi connectivity index (χ0n) is 10.1. The van der Waals surface area contributed by atoms with Crippen LogP contribution in [0.4, 0.5) is 0 Å². The Kier molecular flexibility index (Phi) is 5.07. The fourth-order valence-electron chi connectivity index (χ4n) is 1.67. The third kappa shape index (κ3) is 3.86. The molecular formula is C13H13BrN2O2S. The van der Waals surface area contributed by atoms with Gasteiger partial charge in [-0.1, -0.05) is 6.07 Å². The molecule has 0 saturated heterocycles. The number of halogens is 1. The molecule has 0 bridgehead atoms. The Morgan fingerprint density at radius 1 is 1.42 bits per heavy atom. The summed E-state index contributed by atoms with van der Waals surface area (Å²) in [6.45, 7) is 0.699. The van der Waals surface area contributed by atoms with Gasteiger partial charge >= 0.3 is 0 Å². The number of carbonyl (C=O) groups excluding carboxylic acids is 1. The number of aliphatic hydroxyl groups is 1. The minimum atomic E-state index is -0.0754. The van der Waals surface area contributed by atoms with E-state index in [4.69, 9.17) is 5.11 Å². The first-order chi connectivity index (χ1) is 9.20. The Hall–Kier alpha value is -1.24. The van der Waals surface area contributed by atoms with Crippen LogP contribution in [0.3, 0.4) is 0 Å². The van der Waals surface area contributed by atoms with Crippen LogP contribution in [0.25, 0.3) is 0 Å². The van der Waals surface area contributed by atoms with Crippen molar-refractivity contribution >= 4 is 33.2 Å². The second-order valence-electron chi connectivity index (χ2n) is 3.92.